The van der Waals surface area contributed by atoms with E-state index in [0.29, 0.717) is 62.3 Å². The van der Waals surface area contributed by atoms with Crippen LogP contribution in [0.25, 0.3) is 34.2 Å². The highest BCUT2D eigenvalue weighted by molar-refractivity contribution is 9.10. The van der Waals surface area contributed by atoms with Gasteiger partial charge in [-0.05, 0) is 116 Å². The lowest BCUT2D eigenvalue weighted by molar-refractivity contribution is 0.390. The van der Waals surface area contributed by atoms with Gasteiger partial charge in [-0.15, -0.1) is 20.4 Å². The highest BCUT2D eigenvalue weighted by Crippen LogP contribution is 2.39. The topological polar surface area (TPSA) is 244 Å². The molecule has 0 spiro atoms. The number of hydrogen-bond acceptors (Lipinski definition) is 18. The van der Waals surface area contributed by atoms with E-state index in [1.807, 2.05) is 76.4 Å². The largest absolute Gasteiger partial charge is 0.494 e. The number of rotatable bonds is 16. The molecule has 0 saturated carbocycles. The standard InChI is InChI=1S/C26H30N6O4S.C16H15BrN4O2.C10H16N2O2S/c1-16-10-20(14-27-11-16)26-31-30-23(32(26)24-21(35-5)8-7-9-22(24)36-6)15-37(33,34)19(4)18(3)25-28-12-17(2)13-29-25;1-10-7-11(9-18-8-10)15-19-20-16(17)21(15)14-12(22-2)5-4-6-13(14)23-3;1-7-5-11-10(12-6-7)8(2)9(3)15(4,13)14/h7-14,18-19H,15H2,1-6H3;4-9H,1-3H3;5-6,8-9H,1-4H3/t18-,19-;;8-,9-/m1.1/s1. The number of sulfone groups is 2. The molecule has 0 saturated heterocycles. The van der Waals surface area contributed by atoms with E-state index in [1.54, 1.807) is 100 Å². The second kappa shape index (κ2) is 24.9. The van der Waals surface area contributed by atoms with Crippen molar-refractivity contribution < 1.29 is 35.8 Å². The molecule has 23 heteroatoms. The Labute approximate surface area is 446 Å². The van der Waals surface area contributed by atoms with Crippen LogP contribution in [0.5, 0.6) is 23.0 Å². The summed E-state index contributed by atoms with van der Waals surface area (Å²) in [6.07, 6.45) is 15.0. The lowest BCUT2D eigenvalue weighted by atomic mass is 10.1. The number of aromatic nitrogens is 12. The Kier molecular flexibility index (Phi) is 18.9. The van der Waals surface area contributed by atoms with Gasteiger partial charge in [0, 0.05) is 78.8 Å². The number of benzene rings is 2. The first-order valence-corrected chi connectivity index (χ1v) is 27.9. The van der Waals surface area contributed by atoms with Gasteiger partial charge >= 0.3 is 0 Å². The molecule has 396 valence electrons. The van der Waals surface area contributed by atoms with Crippen LogP contribution in [0.15, 0.2) is 103 Å². The second-order valence-electron chi connectivity index (χ2n) is 17.8. The van der Waals surface area contributed by atoms with Crippen LogP contribution in [-0.2, 0) is 25.4 Å². The normalized spacial score (nSPS) is 13.0. The summed E-state index contributed by atoms with van der Waals surface area (Å²) in [5.41, 5.74) is 6.61. The van der Waals surface area contributed by atoms with E-state index in [0.717, 1.165) is 33.5 Å². The van der Waals surface area contributed by atoms with Crippen LogP contribution >= 0.6 is 15.9 Å². The monoisotopic (exact) mass is 1120 g/mol. The second-order valence-corrected chi connectivity index (χ2v) is 23.3. The Morgan fingerprint density at radius 3 is 1.31 bits per heavy atom. The fraction of sp³-hybridized carbons (Fsp3) is 0.346. The van der Waals surface area contributed by atoms with E-state index in [2.05, 4.69) is 66.2 Å². The van der Waals surface area contributed by atoms with Gasteiger partial charge in [-0.25, -0.2) is 36.8 Å². The van der Waals surface area contributed by atoms with E-state index in [1.165, 1.54) is 20.5 Å². The predicted octanol–water partition coefficient (Wildman–Crippen LogP) is 8.60. The molecule has 0 unspecified atom stereocenters. The Morgan fingerprint density at radius 2 is 0.907 bits per heavy atom. The van der Waals surface area contributed by atoms with Gasteiger partial charge in [0.1, 0.15) is 51.8 Å². The van der Waals surface area contributed by atoms with Crippen LogP contribution < -0.4 is 18.9 Å². The summed E-state index contributed by atoms with van der Waals surface area (Å²) in [5, 5.41) is 15.9. The van der Waals surface area contributed by atoms with Crippen molar-refractivity contribution in [2.45, 2.75) is 83.5 Å². The summed E-state index contributed by atoms with van der Waals surface area (Å²) in [6, 6.07) is 14.8. The van der Waals surface area contributed by atoms with Crippen molar-refractivity contribution in [3.8, 4) is 57.1 Å². The first-order valence-electron chi connectivity index (χ1n) is 23.4. The molecule has 75 heavy (non-hydrogen) atoms. The van der Waals surface area contributed by atoms with Gasteiger partial charge in [0.15, 0.2) is 37.1 Å². The van der Waals surface area contributed by atoms with E-state index >= 15 is 0 Å². The van der Waals surface area contributed by atoms with Gasteiger partial charge < -0.3 is 18.9 Å². The van der Waals surface area contributed by atoms with Crippen LogP contribution in [0.3, 0.4) is 0 Å². The lowest BCUT2D eigenvalue weighted by Crippen LogP contribution is -2.27. The van der Waals surface area contributed by atoms with Crippen molar-refractivity contribution in [1.82, 2.24) is 59.4 Å². The molecule has 6 heterocycles. The zero-order chi connectivity index (χ0) is 54.8. The zero-order valence-corrected chi connectivity index (χ0v) is 47.3. The Hall–Kier alpha value is -7.24. The molecule has 4 atom stereocenters. The molecule has 0 aliphatic carbocycles. The molecule has 2 aromatic carbocycles. The predicted molar refractivity (Wildman–Crippen MR) is 289 cm³/mol. The number of halogens is 1. The minimum absolute atomic E-state index is 0.180. The van der Waals surface area contributed by atoms with Gasteiger partial charge in [-0.2, -0.15) is 0 Å². The fourth-order valence-corrected chi connectivity index (χ4v) is 10.5. The minimum Gasteiger partial charge on any atom is -0.494 e. The average molecular weight is 1130 g/mol. The molecule has 0 fully saturated rings. The average Bonchev–Trinajstić information content (AvgIpc) is 3.99. The first-order chi connectivity index (χ1) is 35.6. The van der Waals surface area contributed by atoms with Gasteiger partial charge in [-0.1, -0.05) is 26.0 Å². The molecule has 0 radical (unpaired) electrons. The molecule has 6 aromatic heterocycles. The van der Waals surface area contributed by atoms with Crippen molar-refractivity contribution in [3.05, 3.63) is 143 Å². The molecule has 0 amide bonds. The number of hydrogen-bond donors (Lipinski definition) is 0. The summed E-state index contributed by atoms with van der Waals surface area (Å²) < 4.78 is 76.3. The summed E-state index contributed by atoms with van der Waals surface area (Å²) in [7, 11) is -0.448. The molecular weight excluding hydrogens is 1060 g/mol. The molecule has 0 bridgehead atoms. The maximum Gasteiger partial charge on any atom is 0.205 e. The molecule has 20 nitrogen and oxygen atoms in total. The van der Waals surface area contributed by atoms with Gasteiger partial charge in [0.25, 0.3) is 0 Å². The van der Waals surface area contributed by atoms with Crippen LogP contribution in [-0.4, -0.2) is 121 Å². The maximum atomic E-state index is 13.7. The molecule has 8 rings (SSSR count). The maximum absolute atomic E-state index is 13.7. The highest BCUT2D eigenvalue weighted by Gasteiger charge is 2.33. The number of ether oxygens (including phenoxy) is 4. The number of nitrogens with zero attached hydrogens (tertiary/aromatic N) is 12. The van der Waals surface area contributed by atoms with Crippen molar-refractivity contribution in [1.29, 1.82) is 0 Å². The van der Waals surface area contributed by atoms with Crippen LogP contribution in [0.2, 0.25) is 0 Å². The minimum atomic E-state index is -3.72. The number of pyridine rings is 2. The third kappa shape index (κ3) is 13.5. The summed E-state index contributed by atoms with van der Waals surface area (Å²) >= 11 is 3.45. The Balaban J connectivity index is 0.000000204. The van der Waals surface area contributed by atoms with Gasteiger partial charge in [-0.3, -0.25) is 19.1 Å². The van der Waals surface area contributed by atoms with E-state index in [9.17, 15) is 16.8 Å². The first kappa shape index (κ1) is 57.0. The quantitative estimate of drug-likeness (QED) is 0.0879. The lowest BCUT2D eigenvalue weighted by Gasteiger charge is -2.20. The number of para-hydroxylation sites is 2. The van der Waals surface area contributed by atoms with Crippen LogP contribution in [0.4, 0.5) is 0 Å². The van der Waals surface area contributed by atoms with Gasteiger partial charge in [0.05, 0.1) is 38.9 Å². The molecule has 0 N–H and O–H groups in total. The van der Waals surface area contributed by atoms with Crippen molar-refractivity contribution >= 4 is 35.6 Å². The van der Waals surface area contributed by atoms with Crippen molar-refractivity contribution in [2.24, 2.45) is 0 Å². The van der Waals surface area contributed by atoms with Crippen LogP contribution in [0.1, 0.15) is 79.3 Å². The molecule has 0 aliphatic rings. The fourth-order valence-electron chi connectivity index (χ4n) is 7.63. The number of aryl methyl sites for hydroxylation is 4. The highest BCUT2D eigenvalue weighted by atomic mass is 79.9. The number of methoxy groups -OCH3 is 4. The smallest absolute Gasteiger partial charge is 0.205 e. The van der Waals surface area contributed by atoms with E-state index < -0.39 is 36.1 Å². The van der Waals surface area contributed by atoms with E-state index in [4.69, 9.17) is 18.9 Å². The summed E-state index contributed by atoms with van der Waals surface area (Å²) in [4.78, 5) is 25.5. The molecule has 0 aliphatic heterocycles. The third-order valence-electron chi connectivity index (χ3n) is 12.3. The summed E-state index contributed by atoms with van der Waals surface area (Å²) in [5.74, 6) is 3.66. The van der Waals surface area contributed by atoms with Crippen LogP contribution in [0, 0.1) is 27.7 Å². The SMILES string of the molecule is COc1cccc(OC)c1-n1c(Br)nnc1-c1cncc(C)c1.COc1cccc(OC)c1-n1c(CS(=O)(=O)[C@H](C)[C@@H](C)c2ncc(C)cn2)nnc1-c1cncc(C)c1.Cc1cnc([C@H](C)[C@@H](C)S(C)(=O)=O)nc1. The van der Waals surface area contributed by atoms with Crippen molar-refractivity contribution in [2.75, 3.05) is 34.7 Å². The van der Waals surface area contributed by atoms with E-state index in [-0.39, 0.29) is 17.5 Å². The summed E-state index contributed by atoms with van der Waals surface area (Å²) in [6.45, 7) is 14.7. The zero-order valence-electron chi connectivity index (χ0n) is 44.1. The molecular formula is C52H61BrN12O8S2. The van der Waals surface area contributed by atoms with Crippen molar-refractivity contribution in [3.63, 3.8) is 0 Å². The Morgan fingerprint density at radius 1 is 0.520 bits per heavy atom. The third-order valence-corrected chi connectivity index (χ3v) is 16.7. The van der Waals surface area contributed by atoms with Gasteiger partial charge in [0.2, 0.25) is 4.73 Å². The molecule has 8 aromatic rings. The Bertz CT molecular complexity index is 3410.